The Labute approximate surface area is 223 Å². The first kappa shape index (κ1) is 24.8. The van der Waals surface area contributed by atoms with Crippen LogP contribution in [-0.4, -0.2) is 61.9 Å². The Morgan fingerprint density at radius 1 is 1.08 bits per heavy atom. The van der Waals surface area contributed by atoms with Gasteiger partial charge in [-0.1, -0.05) is 40.0 Å². The van der Waals surface area contributed by atoms with E-state index in [0.717, 1.165) is 15.7 Å². The number of methoxy groups -OCH3 is 2. The third kappa shape index (κ3) is 3.66. The number of halogens is 1. The smallest absolute Gasteiger partial charge is 0.357 e. The Kier molecular flexibility index (Phi) is 6.38. The van der Waals surface area contributed by atoms with E-state index in [-0.39, 0.29) is 17.2 Å². The molecular weight excluding hydrogens is 538 g/mol. The van der Waals surface area contributed by atoms with Gasteiger partial charge >= 0.3 is 11.9 Å². The lowest BCUT2D eigenvalue weighted by Crippen LogP contribution is -2.55. The molecule has 3 aliphatic heterocycles. The minimum atomic E-state index is -0.863. The molecule has 0 bridgehead atoms. The van der Waals surface area contributed by atoms with Crippen molar-refractivity contribution in [3.05, 3.63) is 75.4 Å². The molecule has 1 fully saturated rings. The maximum absolute atomic E-state index is 13.8. The van der Waals surface area contributed by atoms with Crippen LogP contribution in [0.4, 0.5) is 5.69 Å². The average molecular weight is 562 g/mol. The van der Waals surface area contributed by atoms with Crippen LogP contribution in [0.5, 0.6) is 0 Å². The van der Waals surface area contributed by atoms with E-state index in [1.54, 1.807) is 36.1 Å². The lowest BCUT2D eigenvalue weighted by atomic mass is 9.70. The first-order valence-electron chi connectivity index (χ1n) is 11.7. The molecule has 2 aromatic carbocycles. The third-order valence-electron chi connectivity index (χ3n) is 7.15. The first-order valence-corrected chi connectivity index (χ1v) is 12.5. The first-order chi connectivity index (χ1) is 17.9. The van der Waals surface area contributed by atoms with Crippen LogP contribution >= 0.6 is 15.9 Å². The molecule has 0 unspecified atom stereocenters. The summed E-state index contributed by atoms with van der Waals surface area (Å²) in [4.78, 5) is 48.3. The Morgan fingerprint density at radius 2 is 1.78 bits per heavy atom. The van der Waals surface area contributed by atoms with Crippen LogP contribution in [0.15, 0.2) is 69.3 Å². The highest BCUT2D eigenvalue weighted by Crippen LogP contribution is 2.56. The van der Waals surface area contributed by atoms with E-state index in [1.807, 2.05) is 29.2 Å². The number of hydrogen-bond acceptors (Lipinski definition) is 7. The second kappa shape index (κ2) is 9.52. The molecule has 3 heterocycles. The summed E-state index contributed by atoms with van der Waals surface area (Å²) in [6.07, 6.45) is 0.501. The number of ether oxygens (including phenoxy) is 2. The molecule has 1 spiro atoms. The summed E-state index contributed by atoms with van der Waals surface area (Å²) in [5, 5.41) is 0. The standard InChI is InChI=1S/C28H24BrN3O5/c1-4-5-15-31-20-9-7-6-8-19(20)28-14-16-32(24(33)17-10-12-18(29)13-11-17)27(28)30-22(26(35)37-3)21(23(28)31)25(34)36-2/h6-13,23H,14-16H2,1-3H3/t23-,28-/m1/s1. The predicted molar refractivity (Wildman–Crippen MR) is 141 cm³/mol. The zero-order valence-corrected chi connectivity index (χ0v) is 22.2. The van der Waals surface area contributed by atoms with Crippen LogP contribution in [0.25, 0.3) is 0 Å². The van der Waals surface area contributed by atoms with Gasteiger partial charge in [0.25, 0.3) is 5.91 Å². The van der Waals surface area contributed by atoms with Crippen molar-refractivity contribution in [1.29, 1.82) is 0 Å². The molecule has 2 atom stereocenters. The maximum atomic E-state index is 13.8. The van der Waals surface area contributed by atoms with E-state index in [1.165, 1.54) is 14.2 Å². The van der Waals surface area contributed by atoms with Gasteiger partial charge in [-0.3, -0.25) is 9.69 Å². The minimum absolute atomic E-state index is 0.102. The highest BCUT2D eigenvalue weighted by atomic mass is 79.9. The average Bonchev–Trinajstić information content (AvgIpc) is 3.45. The molecule has 0 aliphatic carbocycles. The predicted octanol–water partition coefficient (Wildman–Crippen LogP) is 3.46. The number of carbonyl (C=O) groups excluding carboxylic acids is 3. The van der Waals surface area contributed by atoms with Gasteiger partial charge in [-0.2, -0.15) is 0 Å². The Bertz CT molecular complexity index is 1440. The van der Waals surface area contributed by atoms with Crippen molar-refractivity contribution in [3.8, 4) is 11.8 Å². The van der Waals surface area contributed by atoms with Gasteiger partial charge in [0.15, 0.2) is 5.70 Å². The number of nitrogens with zero attached hydrogens (tertiary/aromatic N) is 3. The van der Waals surface area contributed by atoms with Gasteiger partial charge in [0.05, 0.1) is 37.8 Å². The fourth-order valence-electron chi connectivity index (χ4n) is 5.63. The molecule has 9 heteroatoms. The third-order valence-corrected chi connectivity index (χ3v) is 7.68. The highest BCUT2D eigenvalue weighted by molar-refractivity contribution is 9.10. The minimum Gasteiger partial charge on any atom is -0.466 e. The molecule has 0 aromatic heterocycles. The van der Waals surface area contributed by atoms with Crippen LogP contribution < -0.4 is 4.90 Å². The van der Waals surface area contributed by atoms with Crippen molar-refractivity contribution in [3.63, 3.8) is 0 Å². The maximum Gasteiger partial charge on any atom is 0.357 e. The topological polar surface area (TPSA) is 88.5 Å². The zero-order chi connectivity index (χ0) is 26.3. The molecule has 1 amide bonds. The summed E-state index contributed by atoms with van der Waals surface area (Å²) in [6, 6.07) is 14.2. The van der Waals surface area contributed by atoms with Crippen molar-refractivity contribution >= 4 is 45.3 Å². The van der Waals surface area contributed by atoms with Crippen molar-refractivity contribution in [2.75, 3.05) is 32.2 Å². The van der Waals surface area contributed by atoms with Gasteiger partial charge in [0.2, 0.25) is 0 Å². The fraction of sp³-hybridized carbons (Fsp3) is 0.286. The van der Waals surface area contributed by atoms with Crippen LogP contribution in [-0.2, 0) is 24.5 Å². The number of amidine groups is 1. The summed E-state index contributed by atoms with van der Waals surface area (Å²) in [6.45, 7) is 2.41. The van der Waals surface area contributed by atoms with E-state index in [9.17, 15) is 14.4 Å². The number of likely N-dealkylation sites (tertiary alicyclic amines) is 1. The number of para-hydroxylation sites is 1. The lowest BCUT2D eigenvalue weighted by molar-refractivity contribution is -0.139. The van der Waals surface area contributed by atoms with E-state index in [4.69, 9.17) is 14.5 Å². The second-order valence-corrected chi connectivity index (χ2v) is 9.76. The summed E-state index contributed by atoms with van der Waals surface area (Å²) in [5.41, 5.74) is 1.36. The summed E-state index contributed by atoms with van der Waals surface area (Å²) in [5.74, 6) is 4.75. The van der Waals surface area contributed by atoms with Crippen LogP contribution in [0.2, 0.25) is 0 Å². The molecular formula is C28H24BrN3O5. The van der Waals surface area contributed by atoms with Gasteiger partial charge in [-0.05, 0) is 49.2 Å². The van der Waals surface area contributed by atoms with Gasteiger partial charge in [0, 0.05) is 22.3 Å². The number of rotatable bonds is 4. The monoisotopic (exact) mass is 561 g/mol. The van der Waals surface area contributed by atoms with E-state index in [0.29, 0.717) is 30.9 Å². The normalized spacial score (nSPS) is 21.3. The fourth-order valence-corrected chi connectivity index (χ4v) is 5.89. The quantitative estimate of drug-likeness (QED) is 0.419. The molecule has 1 saturated heterocycles. The van der Waals surface area contributed by atoms with Crippen molar-refractivity contribution < 1.29 is 23.9 Å². The van der Waals surface area contributed by atoms with E-state index >= 15 is 0 Å². The Hall–Kier alpha value is -3.90. The van der Waals surface area contributed by atoms with Crippen molar-refractivity contribution in [2.24, 2.45) is 4.99 Å². The van der Waals surface area contributed by atoms with Crippen molar-refractivity contribution in [1.82, 2.24) is 4.90 Å². The van der Waals surface area contributed by atoms with Crippen LogP contribution in [0.1, 0.15) is 29.3 Å². The summed E-state index contributed by atoms with van der Waals surface area (Å²) in [7, 11) is 2.50. The SMILES string of the molecule is CC#CCN1c2ccccc2[C@@]23CCN(C(=O)c4ccc(Br)cc4)C2=NC(C(=O)OC)=C(C(=O)OC)[C@@H]13. The molecule has 3 aliphatic rings. The van der Waals surface area contributed by atoms with Crippen LogP contribution in [0.3, 0.4) is 0 Å². The number of anilines is 1. The van der Waals surface area contributed by atoms with Crippen molar-refractivity contribution in [2.45, 2.75) is 24.8 Å². The van der Waals surface area contributed by atoms with E-state index < -0.39 is 23.4 Å². The summed E-state index contributed by atoms with van der Waals surface area (Å²) >= 11 is 3.41. The molecule has 8 nitrogen and oxygen atoms in total. The number of aliphatic imine (C=N–C) groups is 1. The molecule has 37 heavy (non-hydrogen) atoms. The van der Waals surface area contributed by atoms with Gasteiger partial charge in [-0.15, -0.1) is 5.92 Å². The largest absolute Gasteiger partial charge is 0.466 e. The number of esters is 2. The lowest BCUT2D eigenvalue weighted by Gasteiger charge is -2.40. The van der Waals surface area contributed by atoms with Crippen LogP contribution in [0, 0.1) is 11.8 Å². The second-order valence-electron chi connectivity index (χ2n) is 8.84. The number of hydrogen-bond donors (Lipinski definition) is 0. The van der Waals surface area contributed by atoms with Gasteiger partial charge < -0.3 is 14.4 Å². The van der Waals surface area contributed by atoms with Gasteiger partial charge in [-0.25, -0.2) is 14.6 Å². The number of fused-ring (bicyclic) bond motifs is 1. The number of carbonyl (C=O) groups is 3. The number of amides is 1. The molecule has 0 saturated carbocycles. The summed E-state index contributed by atoms with van der Waals surface area (Å²) < 4.78 is 11.0. The molecule has 2 aromatic rings. The molecule has 5 rings (SSSR count). The Balaban J connectivity index is 1.78. The highest BCUT2D eigenvalue weighted by Gasteiger charge is 2.64. The van der Waals surface area contributed by atoms with Gasteiger partial charge in [0.1, 0.15) is 5.84 Å². The molecule has 0 N–H and O–H groups in total. The molecule has 188 valence electrons. The van der Waals surface area contributed by atoms with E-state index in [2.05, 4.69) is 27.8 Å². The number of benzene rings is 2. The Morgan fingerprint density at radius 3 is 2.46 bits per heavy atom. The zero-order valence-electron chi connectivity index (χ0n) is 20.6. The molecule has 0 radical (unpaired) electrons.